The van der Waals surface area contributed by atoms with Crippen LogP contribution >= 0.6 is 23.2 Å². The first-order valence-electron chi connectivity index (χ1n) is 8.99. The number of hydrogen-bond donors (Lipinski definition) is 1. The zero-order chi connectivity index (χ0) is 19.7. The van der Waals surface area contributed by atoms with Gasteiger partial charge >= 0.3 is 0 Å². The minimum absolute atomic E-state index is 0.187. The van der Waals surface area contributed by atoms with E-state index < -0.39 is 0 Å². The molecular weight excluding hydrogens is 397 g/mol. The Balaban J connectivity index is 1.66. The summed E-state index contributed by atoms with van der Waals surface area (Å²) in [6, 6.07) is 12.9. The highest BCUT2D eigenvalue weighted by molar-refractivity contribution is 6.35. The molecule has 7 heteroatoms. The molecule has 4 rings (SSSR count). The summed E-state index contributed by atoms with van der Waals surface area (Å²) in [5.74, 6) is 0.114. The molecule has 1 aromatic heterocycles. The molecule has 1 amide bonds. The molecule has 1 heterocycles. The largest absolute Gasteiger partial charge is 0.380 e. The van der Waals surface area contributed by atoms with Gasteiger partial charge in [-0.1, -0.05) is 35.3 Å². The van der Waals surface area contributed by atoms with Gasteiger partial charge in [0.25, 0.3) is 5.91 Å². The first kappa shape index (κ1) is 19.0. The monoisotopic (exact) mass is 415 g/mol. The molecule has 0 unspecified atom stereocenters. The van der Waals surface area contributed by atoms with Gasteiger partial charge in [-0.05, 0) is 48.7 Å². The van der Waals surface area contributed by atoms with E-state index in [1.807, 2.05) is 30.3 Å². The Labute approximate surface area is 173 Å². The number of hydrogen-bond acceptors (Lipinski definition) is 3. The molecule has 1 N–H and O–H groups in total. The zero-order valence-electron chi connectivity index (χ0n) is 15.3. The molecule has 0 bridgehead atoms. The summed E-state index contributed by atoms with van der Waals surface area (Å²) in [6.07, 6.45) is 3.66. The van der Waals surface area contributed by atoms with Gasteiger partial charge < -0.3 is 10.1 Å². The second-order valence-corrected chi connectivity index (χ2v) is 7.66. The number of benzene rings is 2. The molecule has 5 nitrogen and oxygen atoms in total. The summed E-state index contributed by atoms with van der Waals surface area (Å²) >= 11 is 12.4. The van der Waals surface area contributed by atoms with Crippen LogP contribution < -0.4 is 5.32 Å². The summed E-state index contributed by atoms with van der Waals surface area (Å²) in [5, 5.41) is 8.48. The number of rotatable bonds is 6. The molecule has 0 aliphatic heterocycles. The Morgan fingerprint density at radius 2 is 2.07 bits per heavy atom. The second-order valence-electron chi connectivity index (χ2n) is 6.81. The highest BCUT2D eigenvalue weighted by Crippen LogP contribution is 2.43. The predicted molar refractivity (Wildman–Crippen MR) is 111 cm³/mol. The molecule has 1 fully saturated rings. The van der Waals surface area contributed by atoms with Crippen LogP contribution in [-0.4, -0.2) is 22.8 Å². The van der Waals surface area contributed by atoms with Crippen LogP contribution in [0.1, 0.15) is 40.4 Å². The first-order chi connectivity index (χ1) is 13.6. The number of halogens is 2. The third kappa shape index (κ3) is 3.92. The lowest BCUT2D eigenvalue weighted by molar-refractivity contribution is 0.102. The number of nitrogens with zero attached hydrogens (tertiary/aromatic N) is 2. The van der Waals surface area contributed by atoms with Gasteiger partial charge in [-0.15, -0.1) is 0 Å². The van der Waals surface area contributed by atoms with Crippen LogP contribution in [0.25, 0.3) is 5.69 Å². The number of aromatic nitrogens is 2. The molecular formula is C21H19Cl2N3O2. The Bertz CT molecular complexity index is 1030. The molecule has 3 aromatic rings. The molecule has 1 aliphatic rings. The second kappa shape index (κ2) is 7.95. The number of amides is 1. The number of carbonyl (C=O) groups excluding carboxylic acids is 1. The van der Waals surface area contributed by atoms with Crippen molar-refractivity contribution in [2.24, 2.45) is 0 Å². The van der Waals surface area contributed by atoms with Crippen molar-refractivity contribution in [1.82, 2.24) is 9.78 Å². The number of methoxy groups -OCH3 is 1. The van der Waals surface area contributed by atoms with Gasteiger partial charge in [0.1, 0.15) is 0 Å². The van der Waals surface area contributed by atoms with E-state index in [2.05, 4.69) is 10.4 Å². The van der Waals surface area contributed by atoms with Crippen molar-refractivity contribution in [3.05, 3.63) is 75.5 Å². The van der Waals surface area contributed by atoms with E-state index in [0.717, 1.165) is 29.8 Å². The minimum Gasteiger partial charge on any atom is -0.380 e. The average Bonchev–Trinajstić information content (AvgIpc) is 3.41. The van der Waals surface area contributed by atoms with Crippen molar-refractivity contribution in [2.45, 2.75) is 25.4 Å². The van der Waals surface area contributed by atoms with Gasteiger partial charge in [0, 0.05) is 23.7 Å². The van der Waals surface area contributed by atoms with Crippen LogP contribution in [0.2, 0.25) is 10.0 Å². The van der Waals surface area contributed by atoms with Crippen LogP contribution in [0.5, 0.6) is 0 Å². The summed E-state index contributed by atoms with van der Waals surface area (Å²) in [7, 11) is 1.64. The van der Waals surface area contributed by atoms with Gasteiger partial charge in [0.05, 0.1) is 34.8 Å². The maximum Gasteiger partial charge on any atom is 0.259 e. The van der Waals surface area contributed by atoms with Crippen LogP contribution in [0, 0.1) is 0 Å². The lowest BCUT2D eigenvalue weighted by Gasteiger charge is -2.11. The molecule has 28 heavy (non-hydrogen) atoms. The topological polar surface area (TPSA) is 56.1 Å². The molecule has 0 atom stereocenters. The Kier molecular flexibility index (Phi) is 5.40. The van der Waals surface area contributed by atoms with E-state index in [1.165, 1.54) is 0 Å². The fraction of sp³-hybridized carbons (Fsp3) is 0.238. The fourth-order valence-electron chi connectivity index (χ4n) is 3.23. The minimum atomic E-state index is -0.187. The van der Waals surface area contributed by atoms with Crippen LogP contribution in [0.15, 0.2) is 48.7 Å². The molecule has 1 aliphatic carbocycles. The van der Waals surface area contributed by atoms with Crippen molar-refractivity contribution < 1.29 is 9.53 Å². The third-order valence-corrected chi connectivity index (χ3v) is 5.19. The summed E-state index contributed by atoms with van der Waals surface area (Å²) < 4.78 is 6.91. The fourth-order valence-corrected chi connectivity index (χ4v) is 3.72. The molecule has 0 radical (unpaired) electrons. The zero-order valence-corrected chi connectivity index (χ0v) is 16.8. The maximum absolute atomic E-state index is 13.0. The molecule has 0 saturated heterocycles. The predicted octanol–water partition coefficient (Wildman–Crippen LogP) is 5.46. The smallest absolute Gasteiger partial charge is 0.259 e. The summed E-state index contributed by atoms with van der Waals surface area (Å²) in [5.41, 5.74) is 3.87. The van der Waals surface area contributed by atoms with E-state index in [-0.39, 0.29) is 5.91 Å². The van der Waals surface area contributed by atoms with Gasteiger partial charge in [0.2, 0.25) is 0 Å². The van der Waals surface area contributed by atoms with Gasteiger partial charge in [-0.2, -0.15) is 5.10 Å². The van der Waals surface area contributed by atoms with Crippen molar-refractivity contribution in [1.29, 1.82) is 0 Å². The van der Waals surface area contributed by atoms with Crippen molar-refractivity contribution >= 4 is 34.8 Å². The Morgan fingerprint density at radius 1 is 1.25 bits per heavy atom. The van der Waals surface area contributed by atoms with Crippen molar-refractivity contribution in [2.75, 3.05) is 12.4 Å². The van der Waals surface area contributed by atoms with E-state index in [4.69, 9.17) is 27.9 Å². The van der Waals surface area contributed by atoms with E-state index >= 15 is 0 Å². The SMILES string of the molecule is COCc1cccc(NC(=O)c2cnn(-c3ccc(Cl)cc3Cl)c2C2CC2)c1. The van der Waals surface area contributed by atoms with Crippen LogP contribution in [0.3, 0.4) is 0 Å². The molecule has 1 saturated carbocycles. The van der Waals surface area contributed by atoms with E-state index in [9.17, 15) is 4.79 Å². The molecule has 2 aromatic carbocycles. The maximum atomic E-state index is 13.0. The summed E-state index contributed by atoms with van der Waals surface area (Å²) in [4.78, 5) is 13.0. The van der Waals surface area contributed by atoms with Crippen molar-refractivity contribution in [3.8, 4) is 5.69 Å². The van der Waals surface area contributed by atoms with Crippen LogP contribution in [0.4, 0.5) is 5.69 Å². The average molecular weight is 416 g/mol. The highest BCUT2D eigenvalue weighted by atomic mass is 35.5. The quantitative estimate of drug-likeness (QED) is 0.581. The highest BCUT2D eigenvalue weighted by Gasteiger charge is 2.33. The standard InChI is InChI=1S/C21H19Cl2N3O2/c1-28-12-13-3-2-4-16(9-13)25-21(27)17-11-24-26(20(17)14-5-6-14)19-8-7-15(22)10-18(19)23/h2-4,7-11,14H,5-6,12H2,1H3,(H,25,27). The van der Waals surface area contributed by atoms with Crippen molar-refractivity contribution in [3.63, 3.8) is 0 Å². The lowest BCUT2D eigenvalue weighted by Crippen LogP contribution is -2.14. The number of anilines is 1. The third-order valence-electron chi connectivity index (χ3n) is 4.65. The first-order valence-corrected chi connectivity index (χ1v) is 9.75. The lowest BCUT2D eigenvalue weighted by atomic mass is 10.1. The van der Waals surface area contributed by atoms with Gasteiger partial charge in [0.15, 0.2) is 0 Å². The number of carbonyl (C=O) groups is 1. The number of nitrogens with one attached hydrogen (secondary N) is 1. The normalized spacial score (nSPS) is 13.5. The van der Waals surface area contributed by atoms with Gasteiger partial charge in [-0.25, -0.2) is 4.68 Å². The summed E-state index contributed by atoms with van der Waals surface area (Å²) in [6.45, 7) is 0.490. The Hall–Kier alpha value is -2.34. The van der Waals surface area contributed by atoms with E-state index in [0.29, 0.717) is 33.8 Å². The number of ether oxygens (including phenoxy) is 1. The Morgan fingerprint density at radius 3 is 2.79 bits per heavy atom. The van der Waals surface area contributed by atoms with Gasteiger partial charge in [-0.3, -0.25) is 4.79 Å². The molecule has 0 spiro atoms. The molecule has 144 valence electrons. The van der Waals surface area contributed by atoms with E-state index in [1.54, 1.807) is 30.1 Å². The van der Waals surface area contributed by atoms with Crippen LogP contribution in [-0.2, 0) is 11.3 Å².